The predicted molar refractivity (Wildman–Crippen MR) is 277 cm³/mol. The van der Waals surface area contributed by atoms with Gasteiger partial charge in [-0.2, -0.15) is 0 Å². The van der Waals surface area contributed by atoms with E-state index in [0.717, 1.165) is 33.0 Å². The molecule has 67 heavy (non-hydrogen) atoms. The molecule has 0 bridgehead atoms. The Balaban J connectivity index is 1.10. The van der Waals surface area contributed by atoms with Crippen LogP contribution in [0.3, 0.4) is 0 Å². The van der Waals surface area contributed by atoms with Gasteiger partial charge in [0.05, 0.1) is 10.8 Å². The molecule has 0 fully saturated rings. The third kappa shape index (κ3) is 4.88. The van der Waals surface area contributed by atoms with Crippen LogP contribution in [0.5, 0.6) is 0 Å². The van der Waals surface area contributed by atoms with E-state index in [9.17, 15) is 0 Å². The first kappa shape index (κ1) is 38.5. The van der Waals surface area contributed by atoms with Crippen LogP contribution in [0.2, 0.25) is 0 Å². The van der Waals surface area contributed by atoms with Gasteiger partial charge >= 0.3 is 0 Å². The molecule has 2 nitrogen and oxygen atoms in total. The van der Waals surface area contributed by atoms with Gasteiger partial charge in [0.1, 0.15) is 0 Å². The Morgan fingerprint density at radius 2 is 0.687 bits per heavy atom. The van der Waals surface area contributed by atoms with Crippen LogP contribution in [0, 0.1) is 13.8 Å². The van der Waals surface area contributed by atoms with Gasteiger partial charge in [0, 0.05) is 33.0 Å². The van der Waals surface area contributed by atoms with Crippen LogP contribution in [0.1, 0.15) is 55.6 Å². The second-order valence-corrected chi connectivity index (χ2v) is 21.6. The normalized spacial score (nSPS) is 14.4. The number of rotatable bonds is 6. The minimum absolute atomic E-state index is 0.470. The molecule has 0 N–H and O–H groups in total. The lowest BCUT2D eigenvalue weighted by Crippen LogP contribution is -2.32. The van der Waals surface area contributed by atoms with Gasteiger partial charge in [-0.3, -0.25) is 0 Å². The highest BCUT2D eigenvalue weighted by Gasteiger charge is 2.61. The molecule has 3 heteroatoms. The molecule has 0 saturated heterocycles. The third-order valence-corrected chi connectivity index (χ3v) is 18.5. The maximum absolute atomic E-state index is 16.4. The van der Waals surface area contributed by atoms with Gasteiger partial charge in [0.2, 0.25) is 0 Å². The first-order valence-corrected chi connectivity index (χ1v) is 25.1. The van der Waals surface area contributed by atoms with Crippen molar-refractivity contribution in [2.75, 3.05) is 4.90 Å². The molecular formula is C64H44NOP. The average molecular weight is 874 g/mol. The molecule has 0 heterocycles. The number of anilines is 3. The fraction of sp³-hybridized carbons (Fsp3) is 0.0625. The van der Waals surface area contributed by atoms with Crippen LogP contribution in [0.25, 0.3) is 33.4 Å². The molecule has 2 spiro atoms. The van der Waals surface area contributed by atoms with Crippen molar-refractivity contribution in [1.29, 1.82) is 0 Å². The van der Waals surface area contributed by atoms with Crippen LogP contribution in [-0.4, -0.2) is 0 Å². The molecule has 14 rings (SSSR count). The van der Waals surface area contributed by atoms with Crippen LogP contribution in [0.15, 0.2) is 231 Å². The van der Waals surface area contributed by atoms with Crippen molar-refractivity contribution in [2.45, 2.75) is 24.7 Å². The Morgan fingerprint density at radius 3 is 1.13 bits per heavy atom. The standard InChI is InChI=1S/C64H44NOP/c1-41-29-33-49-50-34-30-42(2)38-58(50)63(57(49)37-41)53-25-15-27-55-61(53)62-54(63)26-16-28-56(62)64(55)59-39-45(65(43-17-7-3-8-18-43)44-19-9-4-10-20-44)31-35-51(59)52-36-32-48(40-60(52)64)67(66,46-21-11-5-12-22-46)47-23-13-6-14-24-47/h3-40H,1-2H3. The van der Waals surface area contributed by atoms with Crippen molar-refractivity contribution in [3.8, 4) is 33.4 Å². The molecule has 10 aromatic rings. The summed E-state index contributed by atoms with van der Waals surface area (Å²) in [5.41, 5.74) is 22.7. The van der Waals surface area contributed by atoms with E-state index in [1.165, 1.54) is 89.0 Å². The Bertz CT molecular complexity index is 3560. The minimum Gasteiger partial charge on any atom is -0.310 e. The van der Waals surface area contributed by atoms with Crippen molar-refractivity contribution in [3.05, 3.63) is 286 Å². The number of hydrogen-bond acceptors (Lipinski definition) is 2. The molecule has 4 aliphatic carbocycles. The topological polar surface area (TPSA) is 20.3 Å². The highest BCUT2D eigenvalue weighted by Crippen LogP contribution is 2.72. The average Bonchev–Trinajstić information content (AvgIpc) is 4.06. The summed E-state index contributed by atoms with van der Waals surface area (Å²) in [7, 11) is -3.35. The van der Waals surface area contributed by atoms with Crippen LogP contribution < -0.4 is 20.8 Å². The first-order chi connectivity index (χ1) is 32.9. The quantitative estimate of drug-likeness (QED) is 0.155. The largest absolute Gasteiger partial charge is 0.310 e. The van der Waals surface area contributed by atoms with Crippen molar-refractivity contribution >= 4 is 40.1 Å². The first-order valence-electron chi connectivity index (χ1n) is 23.4. The molecule has 0 aliphatic heterocycles. The van der Waals surface area contributed by atoms with Gasteiger partial charge in [0.25, 0.3) is 0 Å². The highest BCUT2D eigenvalue weighted by molar-refractivity contribution is 7.85. The summed E-state index contributed by atoms with van der Waals surface area (Å²) in [6.07, 6.45) is 0. The fourth-order valence-corrected chi connectivity index (χ4v) is 15.5. The second-order valence-electron chi connectivity index (χ2n) is 18.8. The summed E-state index contributed by atoms with van der Waals surface area (Å²) in [4.78, 5) is 2.38. The van der Waals surface area contributed by atoms with E-state index in [2.05, 4.69) is 189 Å². The Morgan fingerprint density at radius 1 is 0.313 bits per heavy atom. The number of benzene rings is 10. The molecule has 4 aliphatic rings. The molecule has 316 valence electrons. The maximum atomic E-state index is 16.4. The molecule has 0 unspecified atom stereocenters. The molecule has 0 amide bonds. The van der Waals surface area contributed by atoms with E-state index in [4.69, 9.17) is 0 Å². The SMILES string of the molecule is Cc1ccc2c(c1)C1(c3cc(C)ccc3-2)c2cccc3c2-c2c1cccc2C31c2cc(N(c3ccccc3)c3ccccc3)ccc2-c2ccc(P(=O)(c3ccccc3)c3ccccc3)cc21. The number of fused-ring (bicyclic) bond motifs is 14. The summed E-state index contributed by atoms with van der Waals surface area (Å²) >= 11 is 0. The number of aryl methyl sites for hydroxylation is 2. The minimum atomic E-state index is -3.35. The fourth-order valence-electron chi connectivity index (χ4n) is 12.9. The van der Waals surface area contributed by atoms with E-state index >= 15 is 4.57 Å². The third-order valence-electron chi connectivity index (χ3n) is 15.4. The van der Waals surface area contributed by atoms with Crippen LogP contribution in [0.4, 0.5) is 17.1 Å². The number of nitrogens with zero attached hydrogens (tertiary/aromatic N) is 1. The lowest BCUT2D eigenvalue weighted by Gasteiger charge is -2.36. The van der Waals surface area contributed by atoms with E-state index in [1.54, 1.807) is 0 Å². The van der Waals surface area contributed by atoms with E-state index in [0.29, 0.717) is 0 Å². The predicted octanol–water partition coefficient (Wildman–Crippen LogP) is 14.4. The highest BCUT2D eigenvalue weighted by atomic mass is 31.2. The molecule has 0 radical (unpaired) electrons. The molecule has 0 saturated carbocycles. The van der Waals surface area contributed by atoms with Gasteiger partial charge in [0.15, 0.2) is 7.14 Å². The number of para-hydroxylation sites is 2. The zero-order valence-electron chi connectivity index (χ0n) is 37.2. The van der Waals surface area contributed by atoms with Gasteiger partial charge in [-0.05, 0) is 134 Å². The monoisotopic (exact) mass is 873 g/mol. The molecule has 10 aromatic carbocycles. The Hall–Kier alpha value is -7.77. The van der Waals surface area contributed by atoms with E-state index < -0.39 is 18.0 Å². The molecular weight excluding hydrogens is 830 g/mol. The number of hydrogen-bond donors (Lipinski definition) is 0. The maximum Gasteiger partial charge on any atom is 0.171 e. The van der Waals surface area contributed by atoms with Crippen molar-refractivity contribution in [2.24, 2.45) is 0 Å². The van der Waals surface area contributed by atoms with Crippen LogP contribution in [-0.2, 0) is 15.4 Å². The van der Waals surface area contributed by atoms with Crippen molar-refractivity contribution in [3.63, 3.8) is 0 Å². The van der Waals surface area contributed by atoms with Gasteiger partial charge in [-0.25, -0.2) is 0 Å². The second kappa shape index (κ2) is 13.9. The Kier molecular flexibility index (Phi) is 7.97. The summed E-state index contributed by atoms with van der Waals surface area (Å²) in [6.45, 7) is 4.46. The zero-order valence-corrected chi connectivity index (χ0v) is 38.1. The smallest absolute Gasteiger partial charge is 0.171 e. The lowest BCUT2D eigenvalue weighted by molar-refractivity contribution is 0.592. The summed E-state index contributed by atoms with van der Waals surface area (Å²) in [5, 5.41) is 2.50. The van der Waals surface area contributed by atoms with Crippen molar-refractivity contribution in [1.82, 2.24) is 0 Å². The van der Waals surface area contributed by atoms with E-state index in [1.807, 2.05) is 60.7 Å². The van der Waals surface area contributed by atoms with Crippen molar-refractivity contribution < 1.29 is 4.57 Å². The Labute approximate surface area is 391 Å². The van der Waals surface area contributed by atoms with Crippen LogP contribution >= 0.6 is 7.14 Å². The molecule has 0 aromatic heterocycles. The lowest BCUT2D eigenvalue weighted by atomic mass is 9.65. The summed E-state index contributed by atoms with van der Waals surface area (Å²) in [6, 6.07) is 83.9. The van der Waals surface area contributed by atoms with Gasteiger partial charge in [-0.15, -0.1) is 0 Å². The van der Waals surface area contributed by atoms with Gasteiger partial charge < -0.3 is 9.46 Å². The zero-order chi connectivity index (χ0) is 44.6. The van der Waals surface area contributed by atoms with Gasteiger partial charge in [-0.1, -0.05) is 199 Å². The molecule has 0 atom stereocenters. The summed E-state index contributed by atoms with van der Waals surface area (Å²) < 4.78 is 16.4. The van der Waals surface area contributed by atoms with E-state index in [-0.39, 0.29) is 0 Å². The summed E-state index contributed by atoms with van der Waals surface area (Å²) in [5.74, 6) is 0.